The van der Waals surface area contributed by atoms with Crippen molar-refractivity contribution < 1.29 is 9.90 Å². The second kappa shape index (κ2) is 3.42. The van der Waals surface area contributed by atoms with Crippen LogP contribution in [0.15, 0.2) is 0 Å². The summed E-state index contributed by atoms with van der Waals surface area (Å²) in [4.78, 5) is 10.0. The summed E-state index contributed by atoms with van der Waals surface area (Å²) >= 11 is 0. The molecule has 0 aliphatic carbocycles. The van der Waals surface area contributed by atoms with Crippen LogP contribution in [0.25, 0.3) is 0 Å². The summed E-state index contributed by atoms with van der Waals surface area (Å²) in [6, 6.07) is -0.373. The molecule has 0 aliphatic rings. The van der Waals surface area contributed by atoms with Crippen molar-refractivity contribution in [2.75, 3.05) is 13.8 Å². The van der Waals surface area contributed by atoms with Gasteiger partial charge in [0.15, 0.2) is 0 Å². The molecule has 0 saturated heterocycles. The van der Waals surface area contributed by atoms with Crippen LogP contribution in [-0.2, 0) is 0 Å². The van der Waals surface area contributed by atoms with Gasteiger partial charge in [0.25, 0.3) is 0 Å². The monoisotopic (exact) mass is 104 g/mol. The maximum absolute atomic E-state index is 10.0. The SMILES string of the molecule is CNC(=O)NCO. The highest BCUT2D eigenvalue weighted by Gasteiger charge is 1.87. The Hall–Kier alpha value is -0.770. The first-order chi connectivity index (χ1) is 3.31. The number of carbonyl (C=O) groups is 1. The summed E-state index contributed by atoms with van der Waals surface area (Å²) in [5.74, 6) is 0. The van der Waals surface area contributed by atoms with Gasteiger partial charge in [0.05, 0.1) is 0 Å². The number of aliphatic hydroxyl groups is 1. The lowest BCUT2D eigenvalue weighted by Gasteiger charge is -1.95. The lowest BCUT2D eigenvalue weighted by molar-refractivity contribution is 0.219. The minimum Gasteiger partial charge on any atom is -0.376 e. The number of carbonyl (C=O) groups excluding carboxylic acids is 1. The molecule has 0 saturated carbocycles. The molecule has 4 nitrogen and oxygen atoms in total. The molecule has 0 aliphatic heterocycles. The molecule has 0 fully saturated rings. The molecule has 42 valence electrons. The fourth-order valence-corrected chi connectivity index (χ4v) is 0.160. The normalized spacial score (nSPS) is 7.71. The Morgan fingerprint density at radius 2 is 2.43 bits per heavy atom. The molecule has 0 bridgehead atoms. The van der Waals surface area contributed by atoms with Crippen LogP contribution in [0.4, 0.5) is 4.79 Å². The third-order valence-electron chi connectivity index (χ3n) is 0.467. The van der Waals surface area contributed by atoms with E-state index in [2.05, 4.69) is 10.6 Å². The van der Waals surface area contributed by atoms with Gasteiger partial charge in [-0.25, -0.2) is 4.79 Å². The Balaban J connectivity index is 3.00. The van der Waals surface area contributed by atoms with E-state index in [-0.39, 0.29) is 12.8 Å². The molecular formula is C3H8N2O2. The van der Waals surface area contributed by atoms with Gasteiger partial charge < -0.3 is 15.7 Å². The molecular weight excluding hydrogens is 96.0 g/mol. The van der Waals surface area contributed by atoms with E-state index in [1.807, 2.05) is 0 Å². The Labute approximate surface area is 41.5 Å². The molecule has 2 amide bonds. The summed E-state index contributed by atoms with van der Waals surface area (Å²) in [7, 11) is 1.48. The lowest BCUT2D eigenvalue weighted by Crippen LogP contribution is -2.33. The molecule has 0 aromatic rings. The zero-order valence-electron chi connectivity index (χ0n) is 4.06. The van der Waals surface area contributed by atoms with Crippen molar-refractivity contribution in [2.24, 2.45) is 0 Å². The molecule has 0 atom stereocenters. The van der Waals surface area contributed by atoms with Crippen molar-refractivity contribution in [3.8, 4) is 0 Å². The van der Waals surface area contributed by atoms with Crippen molar-refractivity contribution >= 4 is 6.03 Å². The van der Waals surface area contributed by atoms with Crippen LogP contribution in [0.3, 0.4) is 0 Å². The zero-order chi connectivity index (χ0) is 5.70. The molecule has 0 aromatic heterocycles. The van der Waals surface area contributed by atoms with E-state index in [0.29, 0.717) is 0 Å². The average molecular weight is 104 g/mol. The minimum atomic E-state index is -0.373. The highest BCUT2D eigenvalue weighted by Crippen LogP contribution is 1.53. The van der Waals surface area contributed by atoms with Crippen molar-refractivity contribution in [1.29, 1.82) is 0 Å². The Morgan fingerprint density at radius 1 is 1.86 bits per heavy atom. The first kappa shape index (κ1) is 6.23. The maximum atomic E-state index is 10.0. The van der Waals surface area contributed by atoms with Gasteiger partial charge >= 0.3 is 6.03 Å². The maximum Gasteiger partial charge on any atom is 0.316 e. The summed E-state index contributed by atoms with van der Waals surface area (Å²) in [6.07, 6.45) is 0. The molecule has 0 radical (unpaired) electrons. The van der Waals surface area contributed by atoms with E-state index in [1.54, 1.807) is 0 Å². The highest BCUT2D eigenvalue weighted by atomic mass is 16.3. The number of aliphatic hydroxyl groups excluding tert-OH is 1. The Bertz CT molecular complexity index is 64.0. The van der Waals surface area contributed by atoms with E-state index in [0.717, 1.165) is 0 Å². The number of amides is 2. The van der Waals surface area contributed by atoms with Crippen molar-refractivity contribution in [2.45, 2.75) is 0 Å². The molecule has 0 unspecified atom stereocenters. The topological polar surface area (TPSA) is 61.4 Å². The van der Waals surface area contributed by atoms with Gasteiger partial charge in [-0.15, -0.1) is 0 Å². The molecule has 7 heavy (non-hydrogen) atoms. The van der Waals surface area contributed by atoms with Gasteiger partial charge in [-0.05, 0) is 0 Å². The second-order valence-electron chi connectivity index (χ2n) is 0.914. The van der Waals surface area contributed by atoms with Crippen molar-refractivity contribution in [3.63, 3.8) is 0 Å². The van der Waals surface area contributed by atoms with Crippen LogP contribution in [0.2, 0.25) is 0 Å². The molecule has 3 N–H and O–H groups in total. The number of rotatable bonds is 1. The fourth-order valence-electron chi connectivity index (χ4n) is 0.160. The van der Waals surface area contributed by atoms with Gasteiger partial charge in [0.2, 0.25) is 0 Å². The van der Waals surface area contributed by atoms with Crippen molar-refractivity contribution in [3.05, 3.63) is 0 Å². The zero-order valence-corrected chi connectivity index (χ0v) is 4.06. The Kier molecular flexibility index (Phi) is 3.04. The molecule has 4 heteroatoms. The third-order valence-corrected chi connectivity index (χ3v) is 0.467. The van der Waals surface area contributed by atoms with Gasteiger partial charge in [-0.1, -0.05) is 0 Å². The third kappa shape index (κ3) is 3.05. The number of hydrogen-bond donors (Lipinski definition) is 3. The van der Waals surface area contributed by atoms with E-state index in [9.17, 15) is 4.79 Å². The van der Waals surface area contributed by atoms with E-state index in [1.165, 1.54) is 7.05 Å². The molecule has 0 spiro atoms. The quantitative estimate of drug-likeness (QED) is 0.368. The number of urea groups is 1. The van der Waals surface area contributed by atoms with Crippen LogP contribution in [0, 0.1) is 0 Å². The average Bonchev–Trinajstić information content (AvgIpc) is 1.68. The van der Waals surface area contributed by atoms with Crippen molar-refractivity contribution in [1.82, 2.24) is 10.6 Å². The fraction of sp³-hybridized carbons (Fsp3) is 0.667. The predicted molar refractivity (Wildman–Crippen MR) is 24.7 cm³/mol. The smallest absolute Gasteiger partial charge is 0.316 e. The lowest BCUT2D eigenvalue weighted by atomic mass is 10.9. The summed E-state index contributed by atoms with van der Waals surface area (Å²) in [5, 5.41) is 12.4. The van der Waals surface area contributed by atoms with Gasteiger partial charge in [-0.2, -0.15) is 0 Å². The van der Waals surface area contributed by atoms with Crippen LogP contribution in [0.5, 0.6) is 0 Å². The first-order valence-electron chi connectivity index (χ1n) is 1.87. The largest absolute Gasteiger partial charge is 0.376 e. The van der Waals surface area contributed by atoms with E-state index in [4.69, 9.17) is 5.11 Å². The van der Waals surface area contributed by atoms with Gasteiger partial charge in [0.1, 0.15) is 6.73 Å². The minimum absolute atomic E-state index is 0.320. The molecule has 0 rings (SSSR count). The summed E-state index contributed by atoms with van der Waals surface area (Å²) < 4.78 is 0. The predicted octanol–water partition coefficient (Wildman–Crippen LogP) is -1.13. The van der Waals surface area contributed by atoms with Crippen LogP contribution in [-0.4, -0.2) is 24.9 Å². The van der Waals surface area contributed by atoms with Crippen LogP contribution in [0.1, 0.15) is 0 Å². The summed E-state index contributed by atoms with van der Waals surface area (Å²) in [5.41, 5.74) is 0. The van der Waals surface area contributed by atoms with E-state index >= 15 is 0 Å². The number of nitrogens with one attached hydrogen (secondary N) is 2. The first-order valence-corrected chi connectivity index (χ1v) is 1.87. The van der Waals surface area contributed by atoms with Gasteiger partial charge in [-0.3, -0.25) is 0 Å². The van der Waals surface area contributed by atoms with E-state index < -0.39 is 0 Å². The van der Waals surface area contributed by atoms with Crippen LogP contribution >= 0.6 is 0 Å². The number of hydrogen-bond acceptors (Lipinski definition) is 2. The molecule has 0 heterocycles. The second-order valence-corrected chi connectivity index (χ2v) is 0.914. The Morgan fingerprint density at radius 3 is 2.57 bits per heavy atom. The van der Waals surface area contributed by atoms with Gasteiger partial charge in [0, 0.05) is 7.05 Å². The van der Waals surface area contributed by atoms with Crippen LogP contribution < -0.4 is 10.6 Å². The standard InChI is InChI=1S/C3H8N2O2/c1-4-3(7)5-2-6/h6H,2H2,1H3,(H2,4,5,7). The highest BCUT2D eigenvalue weighted by molar-refractivity contribution is 5.73. The molecule has 0 aromatic carbocycles. The summed E-state index contributed by atoms with van der Waals surface area (Å²) in [6.45, 7) is -0.320.